The molecule has 0 atom stereocenters. The molecule has 0 aliphatic heterocycles. The number of anilines is 1. The van der Waals surface area contributed by atoms with Crippen molar-refractivity contribution in [2.75, 3.05) is 24.7 Å². The number of carbonyl (C=O) groups is 1. The highest BCUT2D eigenvalue weighted by atomic mass is 79.9. The molecule has 0 fully saturated rings. The lowest BCUT2D eigenvalue weighted by Crippen LogP contribution is -2.26. The normalized spacial score (nSPS) is 11.2. The number of rotatable bonds is 6. The zero-order valence-electron chi connectivity index (χ0n) is 9.60. The van der Waals surface area contributed by atoms with Gasteiger partial charge in [0.2, 0.25) is 10.0 Å². The van der Waals surface area contributed by atoms with Gasteiger partial charge in [0.1, 0.15) is 0 Å². The lowest BCUT2D eigenvalue weighted by Gasteiger charge is -2.09. The van der Waals surface area contributed by atoms with Gasteiger partial charge >= 0.3 is 5.97 Å². The number of sulfonamides is 1. The first-order valence-corrected chi connectivity index (χ1v) is 7.48. The number of halogens is 1. The van der Waals surface area contributed by atoms with Crippen molar-refractivity contribution in [3.05, 3.63) is 28.2 Å². The van der Waals surface area contributed by atoms with Gasteiger partial charge in [0.15, 0.2) is 0 Å². The van der Waals surface area contributed by atoms with Crippen molar-refractivity contribution < 1.29 is 18.3 Å². The topological polar surface area (TPSA) is 95.5 Å². The summed E-state index contributed by atoms with van der Waals surface area (Å²) in [6.07, 6.45) is 0. The second-order valence-corrected chi connectivity index (χ2v) is 6.35. The SMILES string of the molecule is CNS(=O)(=O)CCNc1ccc(C(=O)O)cc1Br. The van der Waals surface area contributed by atoms with Crippen LogP contribution in [-0.2, 0) is 10.0 Å². The largest absolute Gasteiger partial charge is 0.478 e. The van der Waals surface area contributed by atoms with Crippen molar-refractivity contribution in [1.29, 1.82) is 0 Å². The van der Waals surface area contributed by atoms with Crippen LogP contribution >= 0.6 is 15.9 Å². The average molecular weight is 337 g/mol. The molecule has 18 heavy (non-hydrogen) atoms. The number of hydrogen-bond donors (Lipinski definition) is 3. The van der Waals surface area contributed by atoms with Crippen LogP contribution in [0.25, 0.3) is 0 Å². The first-order chi connectivity index (χ1) is 8.35. The number of carboxylic acids is 1. The Kier molecular flexibility index (Phi) is 5.12. The summed E-state index contributed by atoms with van der Waals surface area (Å²) in [5.41, 5.74) is 0.807. The summed E-state index contributed by atoms with van der Waals surface area (Å²) in [5, 5.41) is 11.7. The van der Waals surface area contributed by atoms with Gasteiger partial charge in [-0.25, -0.2) is 17.9 Å². The van der Waals surface area contributed by atoms with E-state index in [4.69, 9.17) is 5.11 Å². The first-order valence-electron chi connectivity index (χ1n) is 5.03. The van der Waals surface area contributed by atoms with Crippen molar-refractivity contribution in [2.45, 2.75) is 0 Å². The van der Waals surface area contributed by atoms with Gasteiger partial charge in [0, 0.05) is 16.7 Å². The highest BCUT2D eigenvalue weighted by Crippen LogP contribution is 2.23. The number of hydrogen-bond acceptors (Lipinski definition) is 4. The van der Waals surface area contributed by atoms with Gasteiger partial charge in [0.25, 0.3) is 0 Å². The van der Waals surface area contributed by atoms with E-state index >= 15 is 0 Å². The Bertz CT molecular complexity index is 545. The quantitative estimate of drug-likeness (QED) is 0.723. The van der Waals surface area contributed by atoms with E-state index in [-0.39, 0.29) is 17.9 Å². The van der Waals surface area contributed by atoms with Crippen LogP contribution in [0.5, 0.6) is 0 Å². The molecule has 1 aromatic carbocycles. The minimum absolute atomic E-state index is 0.0589. The third-order valence-electron chi connectivity index (χ3n) is 2.21. The molecule has 8 heteroatoms. The third kappa shape index (κ3) is 4.28. The van der Waals surface area contributed by atoms with Crippen LogP contribution in [0.2, 0.25) is 0 Å². The molecule has 0 aliphatic rings. The van der Waals surface area contributed by atoms with Crippen molar-refractivity contribution in [1.82, 2.24) is 4.72 Å². The van der Waals surface area contributed by atoms with E-state index in [1.54, 1.807) is 6.07 Å². The Balaban J connectivity index is 2.67. The fraction of sp³-hybridized carbons (Fsp3) is 0.300. The number of carboxylic acid groups (broad SMARTS) is 1. The molecular weight excluding hydrogens is 324 g/mol. The van der Waals surface area contributed by atoms with Crippen LogP contribution in [0.15, 0.2) is 22.7 Å². The molecule has 3 N–H and O–H groups in total. The highest BCUT2D eigenvalue weighted by Gasteiger charge is 2.09. The van der Waals surface area contributed by atoms with Crippen molar-refractivity contribution >= 4 is 37.6 Å². The Morgan fingerprint density at radius 2 is 2.11 bits per heavy atom. The van der Waals surface area contributed by atoms with Crippen LogP contribution in [0.4, 0.5) is 5.69 Å². The van der Waals surface area contributed by atoms with Crippen LogP contribution in [-0.4, -0.2) is 38.8 Å². The molecule has 100 valence electrons. The second-order valence-electron chi connectivity index (χ2n) is 3.45. The minimum atomic E-state index is -3.25. The minimum Gasteiger partial charge on any atom is -0.478 e. The van der Waals surface area contributed by atoms with E-state index in [0.717, 1.165) is 0 Å². The molecule has 0 saturated heterocycles. The monoisotopic (exact) mass is 336 g/mol. The van der Waals surface area contributed by atoms with E-state index < -0.39 is 16.0 Å². The smallest absolute Gasteiger partial charge is 0.335 e. The molecule has 6 nitrogen and oxygen atoms in total. The standard InChI is InChI=1S/C10H13BrN2O4S/c1-12-18(16,17)5-4-13-9-3-2-7(10(14)15)6-8(9)11/h2-3,6,12-13H,4-5H2,1H3,(H,14,15). The van der Waals surface area contributed by atoms with Gasteiger partial charge in [0.05, 0.1) is 11.3 Å². The summed E-state index contributed by atoms with van der Waals surface area (Å²) in [6.45, 7) is 0.230. The lowest BCUT2D eigenvalue weighted by molar-refractivity contribution is 0.0697. The molecular formula is C10H13BrN2O4S. The molecule has 0 heterocycles. The van der Waals surface area contributed by atoms with Gasteiger partial charge in [-0.2, -0.15) is 0 Å². The Morgan fingerprint density at radius 3 is 2.61 bits per heavy atom. The highest BCUT2D eigenvalue weighted by molar-refractivity contribution is 9.10. The number of nitrogens with one attached hydrogen (secondary N) is 2. The average Bonchev–Trinajstić information content (AvgIpc) is 2.31. The van der Waals surface area contributed by atoms with E-state index in [1.165, 1.54) is 19.2 Å². The Morgan fingerprint density at radius 1 is 1.44 bits per heavy atom. The molecule has 0 bridgehead atoms. The molecule has 1 rings (SSSR count). The molecule has 0 aliphatic carbocycles. The number of aromatic carboxylic acids is 1. The summed E-state index contributed by atoms with van der Waals surface area (Å²) >= 11 is 3.22. The maximum absolute atomic E-state index is 11.2. The summed E-state index contributed by atoms with van der Waals surface area (Å²) in [6, 6.07) is 4.48. The fourth-order valence-electron chi connectivity index (χ4n) is 1.21. The zero-order chi connectivity index (χ0) is 13.8. The van der Waals surface area contributed by atoms with Gasteiger partial charge in [-0.3, -0.25) is 0 Å². The molecule has 0 radical (unpaired) electrons. The first kappa shape index (κ1) is 14.9. The third-order valence-corrected chi connectivity index (χ3v) is 4.23. The molecule has 0 unspecified atom stereocenters. The van der Waals surface area contributed by atoms with Crippen LogP contribution in [0.1, 0.15) is 10.4 Å². The summed E-state index contributed by atoms with van der Waals surface area (Å²) < 4.78 is 25.1. The van der Waals surface area contributed by atoms with Crippen LogP contribution in [0, 0.1) is 0 Å². The molecule has 0 amide bonds. The summed E-state index contributed by atoms with van der Waals surface area (Å²) in [7, 11) is -1.89. The van der Waals surface area contributed by atoms with Crippen molar-refractivity contribution in [2.24, 2.45) is 0 Å². The van der Waals surface area contributed by atoms with Gasteiger partial charge in [-0.05, 0) is 41.2 Å². The van der Waals surface area contributed by atoms with E-state index in [0.29, 0.717) is 10.2 Å². The predicted octanol–water partition coefficient (Wildman–Crippen LogP) is 1.11. The summed E-state index contributed by atoms with van der Waals surface area (Å²) in [5.74, 6) is -1.07. The number of benzene rings is 1. The molecule has 0 aromatic heterocycles. The fourth-order valence-corrected chi connectivity index (χ4v) is 2.31. The van der Waals surface area contributed by atoms with Gasteiger partial charge < -0.3 is 10.4 Å². The molecule has 1 aromatic rings. The summed E-state index contributed by atoms with van der Waals surface area (Å²) in [4.78, 5) is 10.7. The Labute approximate surface area is 114 Å². The van der Waals surface area contributed by atoms with Crippen LogP contribution in [0.3, 0.4) is 0 Å². The lowest BCUT2D eigenvalue weighted by atomic mass is 10.2. The van der Waals surface area contributed by atoms with Gasteiger partial charge in [-0.15, -0.1) is 0 Å². The van der Waals surface area contributed by atoms with E-state index in [2.05, 4.69) is 26.0 Å². The zero-order valence-corrected chi connectivity index (χ0v) is 12.0. The van der Waals surface area contributed by atoms with E-state index in [9.17, 15) is 13.2 Å². The second kappa shape index (κ2) is 6.17. The maximum atomic E-state index is 11.2. The maximum Gasteiger partial charge on any atom is 0.335 e. The predicted molar refractivity (Wildman–Crippen MR) is 72.4 cm³/mol. The van der Waals surface area contributed by atoms with Crippen molar-refractivity contribution in [3.63, 3.8) is 0 Å². The van der Waals surface area contributed by atoms with Gasteiger partial charge in [-0.1, -0.05) is 0 Å². The molecule has 0 spiro atoms. The molecule has 0 saturated carbocycles. The van der Waals surface area contributed by atoms with Crippen LogP contribution < -0.4 is 10.0 Å². The van der Waals surface area contributed by atoms with Crippen molar-refractivity contribution in [3.8, 4) is 0 Å². The Hall–Kier alpha value is -1.12. The van der Waals surface area contributed by atoms with E-state index in [1.807, 2.05) is 0 Å².